The lowest BCUT2D eigenvalue weighted by Gasteiger charge is -2.08. The average Bonchev–Trinajstić information content (AvgIpc) is 3.22. The summed E-state index contributed by atoms with van der Waals surface area (Å²) in [6.45, 7) is 2.42. The largest absolute Gasteiger partial charge is 0.484 e. The number of carbonyl (C=O) groups is 1. The number of anilines is 1. The van der Waals surface area contributed by atoms with Crippen LogP contribution in [0.1, 0.15) is 17.9 Å². The van der Waals surface area contributed by atoms with E-state index in [-0.39, 0.29) is 18.1 Å². The van der Waals surface area contributed by atoms with Crippen molar-refractivity contribution >= 4 is 33.3 Å². The Hall–Kier alpha value is -2.74. The average molecular weight is 356 g/mol. The molecule has 0 aliphatic carbocycles. The van der Waals surface area contributed by atoms with Crippen LogP contribution < -0.4 is 15.6 Å². The van der Waals surface area contributed by atoms with Crippen LogP contribution in [0.15, 0.2) is 28.4 Å². The molecule has 1 aromatic carbocycles. The van der Waals surface area contributed by atoms with Crippen molar-refractivity contribution in [2.75, 3.05) is 11.9 Å². The summed E-state index contributed by atoms with van der Waals surface area (Å²) in [4.78, 5) is 33.2. The number of thiazole rings is 1. The zero-order valence-corrected chi connectivity index (χ0v) is 14.4. The zero-order valence-electron chi connectivity index (χ0n) is 13.6. The summed E-state index contributed by atoms with van der Waals surface area (Å²) in [6.07, 6.45) is 1.78. The molecule has 8 heteroatoms. The summed E-state index contributed by atoms with van der Waals surface area (Å²) >= 11 is 1.36. The number of rotatable bonds is 4. The first kappa shape index (κ1) is 15.8. The highest BCUT2D eigenvalue weighted by Crippen LogP contribution is 2.20. The van der Waals surface area contributed by atoms with E-state index >= 15 is 0 Å². The minimum absolute atomic E-state index is 0.0503. The van der Waals surface area contributed by atoms with E-state index in [1.807, 2.05) is 12.3 Å². The molecule has 0 spiro atoms. The first-order valence-corrected chi connectivity index (χ1v) is 8.86. The Morgan fingerprint density at radius 1 is 1.40 bits per heavy atom. The Morgan fingerprint density at radius 3 is 3.08 bits per heavy atom. The van der Waals surface area contributed by atoms with Gasteiger partial charge in [0.2, 0.25) is 0 Å². The third-order valence-electron chi connectivity index (χ3n) is 4.02. The summed E-state index contributed by atoms with van der Waals surface area (Å²) in [5, 5.41) is 5.60. The Balaban J connectivity index is 1.50. The van der Waals surface area contributed by atoms with Crippen molar-refractivity contribution in [3.05, 3.63) is 45.5 Å². The van der Waals surface area contributed by atoms with Gasteiger partial charge in [-0.15, -0.1) is 11.3 Å². The molecule has 1 amide bonds. The second-order valence-electron chi connectivity index (χ2n) is 5.90. The van der Waals surface area contributed by atoms with Crippen LogP contribution in [0.3, 0.4) is 0 Å². The predicted octanol–water partition coefficient (Wildman–Crippen LogP) is 2.13. The Labute approximate surface area is 147 Å². The summed E-state index contributed by atoms with van der Waals surface area (Å²) in [7, 11) is 0. The Kier molecular flexibility index (Phi) is 3.96. The van der Waals surface area contributed by atoms with Gasteiger partial charge < -0.3 is 4.74 Å². The molecule has 1 aliphatic rings. The number of aryl methyl sites for hydroxylation is 2. The summed E-state index contributed by atoms with van der Waals surface area (Å²) < 4.78 is 7.23. The maximum absolute atomic E-state index is 12.5. The molecule has 0 saturated carbocycles. The van der Waals surface area contributed by atoms with Crippen molar-refractivity contribution in [2.24, 2.45) is 0 Å². The number of hydrogen-bond acceptors (Lipinski definition) is 6. The molecule has 3 aromatic rings. The highest BCUT2D eigenvalue weighted by Gasteiger charge is 2.16. The molecule has 4 rings (SSSR count). The van der Waals surface area contributed by atoms with Crippen molar-refractivity contribution in [2.45, 2.75) is 26.3 Å². The van der Waals surface area contributed by atoms with Gasteiger partial charge in [0.25, 0.3) is 11.5 Å². The number of ether oxygens (including phenoxy) is 1. The number of hydrogen-bond donors (Lipinski definition) is 1. The minimum Gasteiger partial charge on any atom is -0.484 e. The normalized spacial score (nSPS) is 13.0. The molecule has 0 radical (unpaired) electrons. The van der Waals surface area contributed by atoms with Gasteiger partial charge in [0.1, 0.15) is 11.6 Å². The van der Waals surface area contributed by atoms with Crippen LogP contribution in [0.4, 0.5) is 5.13 Å². The molecule has 1 aliphatic heterocycles. The van der Waals surface area contributed by atoms with Crippen LogP contribution in [0, 0.1) is 6.92 Å². The molecule has 1 N–H and O–H groups in total. The van der Waals surface area contributed by atoms with Gasteiger partial charge >= 0.3 is 0 Å². The summed E-state index contributed by atoms with van der Waals surface area (Å²) in [5.41, 5.74) is 1.47. The van der Waals surface area contributed by atoms with E-state index in [2.05, 4.69) is 15.3 Å². The van der Waals surface area contributed by atoms with Gasteiger partial charge in [-0.3, -0.25) is 19.5 Å². The smallest absolute Gasteiger partial charge is 0.264 e. The fraction of sp³-hybridized carbons (Fsp3) is 0.294. The number of nitrogens with zero attached hydrogens (tertiary/aromatic N) is 3. The fourth-order valence-corrected chi connectivity index (χ4v) is 3.57. The Bertz CT molecular complexity index is 1020. The van der Waals surface area contributed by atoms with Gasteiger partial charge in [-0.1, -0.05) is 0 Å². The SMILES string of the molecule is Cc1csc(NC(=O)COc2ccc3nc4n(c(=O)c3c2)CCC4)n1. The molecule has 0 fully saturated rings. The summed E-state index contributed by atoms with van der Waals surface area (Å²) in [5.74, 6) is 1.01. The first-order valence-electron chi connectivity index (χ1n) is 7.98. The quantitative estimate of drug-likeness (QED) is 0.774. The molecule has 3 heterocycles. The van der Waals surface area contributed by atoms with E-state index in [1.165, 1.54) is 11.3 Å². The van der Waals surface area contributed by atoms with Crippen LogP contribution in [0.25, 0.3) is 10.9 Å². The second-order valence-corrected chi connectivity index (χ2v) is 6.76. The van der Waals surface area contributed by atoms with Gasteiger partial charge in [0, 0.05) is 18.3 Å². The molecule has 0 saturated heterocycles. The van der Waals surface area contributed by atoms with Gasteiger partial charge in [-0.25, -0.2) is 9.97 Å². The van der Waals surface area contributed by atoms with Gasteiger partial charge in [-0.05, 0) is 31.5 Å². The number of fused-ring (bicyclic) bond motifs is 2. The van der Waals surface area contributed by atoms with Crippen molar-refractivity contribution < 1.29 is 9.53 Å². The van der Waals surface area contributed by atoms with Crippen molar-refractivity contribution in [1.29, 1.82) is 0 Å². The van der Waals surface area contributed by atoms with Crippen LogP contribution in [-0.2, 0) is 17.8 Å². The molecule has 0 bridgehead atoms. The number of amides is 1. The van der Waals surface area contributed by atoms with Crippen molar-refractivity contribution in [1.82, 2.24) is 14.5 Å². The molecule has 0 unspecified atom stereocenters. The number of benzene rings is 1. The lowest BCUT2D eigenvalue weighted by molar-refractivity contribution is -0.118. The topological polar surface area (TPSA) is 86.1 Å². The van der Waals surface area contributed by atoms with E-state index in [1.54, 1.807) is 22.8 Å². The summed E-state index contributed by atoms with van der Waals surface area (Å²) in [6, 6.07) is 5.13. The van der Waals surface area contributed by atoms with E-state index in [0.29, 0.717) is 28.3 Å². The van der Waals surface area contributed by atoms with Crippen LogP contribution in [-0.4, -0.2) is 27.0 Å². The highest BCUT2D eigenvalue weighted by atomic mass is 32.1. The molecule has 0 atom stereocenters. The van der Waals surface area contributed by atoms with Gasteiger partial charge in [0.05, 0.1) is 16.6 Å². The third-order valence-corrected chi connectivity index (χ3v) is 4.90. The maximum atomic E-state index is 12.5. The third kappa shape index (κ3) is 3.12. The zero-order chi connectivity index (χ0) is 17.4. The maximum Gasteiger partial charge on any atom is 0.264 e. The van der Waals surface area contributed by atoms with E-state index in [4.69, 9.17) is 4.74 Å². The van der Waals surface area contributed by atoms with E-state index < -0.39 is 0 Å². The molecule has 2 aromatic heterocycles. The van der Waals surface area contributed by atoms with Crippen molar-refractivity contribution in [3.8, 4) is 5.75 Å². The molecular formula is C17H16N4O3S. The lowest BCUT2D eigenvalue weighted by atomic mass is 10.2. The lowest BCUT2D eigenvalue weighted by Crippen LogP contribution is -2.21. The van der Waals surface area contributed by atoms with Crippen LogP contribution >= 0.6 is 11.3 Å². The number of aromatic nitrogens is 3. The Morgan fingerprint density at radius 2 is 2.28 bits per heavy atom. The highest BCUT2D eigenvalue weighted by molar-refractivity contribution is 7.13. The molecule has 7 nitrogen and oxygen atoms in total. The van der Waals surface area contributed by atoms with Crippen LogP contribution in [0.2, 0.25) is 0 Å². The minimum atomic E-state index is -0.293. The van der Waals surface area contributed by atoms with E-state index in [9.17, 15) is 9.59 Å². The molecule has 128 valence electrons. The first-order chi connectivity index (χ1) is 12.1. The molecule has 25 heavy (non-hydrogen) atoms. The molecular weight excluding hydrogens is 340 g/mol. The number of carbonyl (C=O) groups excluding carboxylic acids is 1. The predicted molar refractivity (Wildman–Crippen MR) is 95.3 cm³/mol. The van der Waals surface area contributed by atoms with E-state index in [0.717, 1.165) is 24.4 Å². The standard InChI is InChI=1S/C17H16N4O3S/c1-10-9-25-17(18-10)20-15(22)8-24-11-4-5-13-12(7-11)16(23)21-6-2-3-14(21)19-13/h4-5,7,9H,2-3,6,8H2,1H3,(H,18,20,22). The van der Waals surface area contributed by atoms with Crippen molar-refractivity contribution in [3.63, 3.8) is 0 Å². The van der Waals surface area contributed by atoms with Crippen LogP contribution in [0.5, 0.6) is 5.75 Å². The number of nitrogens with one attached hydrogen (secondary N) is 1. The fourth-order valence-electron chi connectivity index (χ4n) is 2.87. The monoisotopic (exact) mass is 356 g/mol. The van der Waals surface area contributed by atoms with Gasteiger partial charge in [0.15, 0.2) is 11.7 Å². The second kappa shape index (κ2) is 6.29. The van der Waals surface area contributed by atoms with Gasteiger partial charge in [-0.2, -0.15) is 0 Å².